The number of ether oxygens (including phenoxy) is 2. The number of carboxylic acids is 1. The number of benzene rings is 1. The van der Waals surface area contributed by atoms with Crippen LogP contribution in [0.1, 0.15) is 31.2 Å². The van der Waals surface area contributed by atoms with Crippen molar-refractivity contribution in [2.75, 3.05) is 20.5 Å². The fraction of sp³-hybridized carbons (Fsp3) is 0.533. The molecule has 0 heterocycles. The summed E-state index contributed by atoms with van der Waals surface area (Å²) in [6.07, 6.45) is 5.13. The van der Waals surface area contributed by atoms with E-state index in [9.17, 15) is 9.90 Å². The minimum Gasteiger partial charge on any atom is -0.496 e. The van der Waals surface area contributed by atoms with E-state index >= 15 is 0 Å². The van der Waals surface area contributed by atoms with Gasteiger partial charge in [-0.3, -0.25) is 4.79 Å². The van der Waals surface area contributed by atoms with Crippen molar-refractivity contribution in [1.82, 2.24) is 0 Å². The molecule has 1 aliphatic carbocycles. The summed E-state index contributed by atoms with van der Waals surface area (Å²) >= 11 is 1.56. The third-order valence-electron chi connectivity index (χ3n) is 4.09. The van der Waals surface area contributed by atoms with Gasteiger partial charge in [0.2, 0.25) is 0 Å². The van der Waals surface area contributed by atoms with Crippen molar-refractivity contribution in [2.45, 2.75) is 36.0 Å². The summed E-state index contributed by atoms with van der Waals surface area (Å²) in [4.78, 5) is 12.8. The van der Waals surface area contributed by atoms with Crippen molar-refractivity contribution in [3.05, 3.63) is 17.7 Å². The first kappa shape index (κ1) is 15.0. The number of thioether (sulfide) groups is 1. The molecular formula is C15H20O4S. The Morgan fingerprint density at radius 1 is 1.20 bits per heavy atom. The highest BCUT2D eigenvalue weighted by molar-refractivity contribution is 7.98. The molecule has 0 aliphatic heterocycles. The van der Waals surface area contributed by atoms with Crippen LogP contribution < -0.4 is 9.47 Å². The predicted molar refractivity (Wildman–Crippen MR) is 79.1 cm³/mol. The van der Waals surface area contributed by atoms with Gasteiger partial charge in [0.05, 0.1) is 24.5 Å². The highest BCUT2D eigenvalue weighted by Crippen LogP contribution is 2.48. The Kier molecular flexibility index (Phi) is 4.48. The smallest absolute Gasteiger partial charge is 0.314 e. The second-order valence-corrected chi connectivity index (χ2v) is 5.85. The Morgan fingerprint density at radius 2 is 1.80 bits per heavy atom. The van der Waals surface area contributed by atoms with Gasteiger partial charge in [-0.1, -0.05) is 12.8 Å². The second kappa shape index (κ2) is 5.95. The molecule has 0 unspecified atom stereocenters. The van der Waals surface area contributed by atoms with E-state index < -0.39 is 11.4 Å². The number of carboxylic acid groups (broad SMARTS) is 1. The van der Waals surface area contributed by atoms with Gasteiger partial charge in [0, 0.05) is 5.56 Å². The summed E-state index contributed by atoms with van der Waals surface area (Å²) in [7, 11) is 3.19. The van der Waals surface area contributed by atoms with Crippen molar-refractivity contribution in [2.24, 2.45) is 0 Å². The van der Waals surface area contributed by atoms with Crippen molar-refractivity contribution < 1.29 is 19.4 Å². The maximum absolute atomic E-state index is 11.8. The molecule has 1 saturated carbocycles. The molecular weight excluding hydrogens is 276 g/mol. The Labute approximate surface area is 123 Å². The third-order valence-corrected chi connectivity index (χ3v) is 4.85. The number of rotatable bonds is 5. The minimum atomic E-state index is -0.838. The maximum Gasteiger partial charge on any atom is 0.314 e. The Balaban J connectivity index is 2.62. The van der Waals surface area contributed by atoms with Crippen LogP contribution >= 0.6 is 11.8 Å². The fourth-order valence-electron chi connectivity index (χ4n) is 2.98. The molecule has 0 spiro atoms. The molecule has 5 heteroatoms. The second-order valence-electron chi connectivity index (χ2n) is 5.00. The molecule has 20 heavy (non-hydrogen) atoms. The molecule has 4 nitrogen and oxygen atoms in total. The summed E-state index contributed by atoms with van der Waals surface area (Å²) in [5.41, 5.74) is -0.102. The highest BCUT2D eigenvalue weighted by atomic mass is 32.2. The van der Waals surface area contributed by atoms with E-state index in [1.807, 2.05) is 18.4 Å². The lowest BCUT2D eigenvalue weighted by atomic mass is 9.78. The lowest BCUT2D eigenvalue weighted by Gasteiger charge is -2.27. The molecule has 0 atom stereocenters. The van der Waals surface area contributed by atoms with E-state index in [2.05, 4.69) is 0 Å². The topological polar surface area (TPSA) is 55.8 Å². The quantitative estimate of drug-likeness (QED) is 0.845. The van der Waals surface area contributed by atoms with E-state index in [0.29, 0.717) is 24.3 Å². The molecule has 2 rings (SSSR count). The molecule has 0 aromatic heterocycles. The molecule has 1 aromatic carbocycles. The number of hydrogen-bond donors (Lipinski definition) is 1. The standard InChI is InChI=1S/C15H20O4S/c1-18-11-9-13(20-3)12(19-2)8-10(11)15(14(16)17)6-4-5-7-15/h8-9H,4-7H2,1-3H3,(H,16,17). The zero-order valence-corrected chi connectivity index (χ0v) is 12.9. The highest BCUT2D eigenvalue weighted by Gasteiger charge is 2.45. The molecule has 0 saturated heterocycles. The third kappa shape index (κ3) is 2.35. The van der Waals surface area contributed by atoms with Crippen molar-refractivity contribution in [3.8, 4) is 11.5 Å². The van der Waals surface area contributed by atoms with Gasteiger partial charge in [0.1, 0.15) is 11.5 Å². The first-order chi connectivity index (χ1) is 9.58. The summed E-state index contributed by atoms with van der Waals surface area (Å²) in [6, 6.07) is 3.71. The molecule has 110 valence electrons. The Bertz CT molecular complexity index is 507. The van der Waals surface area contributed by atoms with Crippen LogP contribution in [0.5, 0.6) is 11.5 Å². The Morgan fingerprint density at radius 3 is 2.25 bits per heavy atom. The number of hydrogen-bond acceptors (Lipinski definition) is 4. The lowest BCUT2D eigenvalue weighted by molar-refractivity contribution is -0.143. The minimum absolute atomic E-state index is 0.638. The molecule has 0 amide bonds. The zero-order chi connectivity index (χ0) is 14.8. The largest absolute Gasteiger partial charge is 0.496 e. The molecule has 1 N–H and O–H groups in total. The summed E-state index contributed by atoms with van der Waals surface area (Å²) in [5.74, 6) is 0.576. The molecule has 0 bridgehead atoms. The van der Waals surface area contributed by atoms with Crippen LogP contribution in [-0.4, -0.2) is 31.6 Å². The van der Waals surface area contributed by atoms with Gasteiger partial charge in [-0.25, -0.2) is 0 Å². The van der Waals surface area contributed by atoms with Crippen LogP contribution in [0, 0.1) is 0 Å². The molecule has 1 aliphatic rings. The normalized spacial score (nSPS) is 16.9. The maximum atomic E-state index is 11.8. The average molecular weight is 296 g/mol. The van der Waals surface area contributed by atoms with E-state index in [4.69, 9.17) is 9.47 Å². The van der Waals surface area contributed by atoms with Gasteiger partial charge in [-0.2, -0.15) is 0 Å². The lowest BCUT2D eigenvalue weighted by Crippen LogP contribution is -2.33. The first-order valence-corrected chi connectivity index (χ1v) is 7.85. The van der Waals surface area contributed by atoms with Crippen LogP contribution in [-0.2, 0) is 10.2 Å². The molecule has 1 aromatic rings. The van der Waals surface area contributed by atoms with Gasteiger partial charge in [-0.05, 0) is 31.2 Å². The van der Waals surface area contributed by atoms with Gasteiger partial charge in [-0.15, -0.1) is 11.8 Å². The SMILES string of the molecule is COc1cc(C2(C(=O)O)CCCC2)c(OC)cc1SC. The van der Waals surface area contributed by atoms with E-state index in [0.717, 1.165) is 23.3 Å². The van der Waals surface area contributed by atoms with Crippen molar-refractivity contribution in [3.63, 3.8) is 0 Å². The first-order valence-electron chi connectivity index (χ1n) is 6.63. The van der Waals surface area contributed by atoms with E-state index in [1.54, 1.807) is 26.0 Å². The van der Waals surface area contributed by atoms with Crippen LogP contribution in [0.4, 0.5) is 0 Å². The predicted octanol–water partition coefficient (Wildman–Crippen LogP) is 3.32. The van der Waals surface area contributed by atoms with Crippen LogP contribution in [0.3, 0.4) is 0 Å². The van der Waals surface area contributed by atoms with Crippen molar-refractivity contribution >= 4 is 17.7 Å². The monoisotopic (exact) mass is 296 g/mol. The average Bonchev–Trinajstić information content (AvgIpc) is 2.96. The van der Waals surface area contributed by atoms with Gasteiger partial charge in [0.15, 0.2) is 0 Å². The van der Waals surface area contributed by atoms with Crippen molar-refractivity contribution in [1.29, 1.82) is 0 Å². The van der Waals surface area contributed by atoms with Gasteiger partial charge >= 0.3 is 5.97 Å². The summed E-state index contributed by atoms with van der Waals surface area (Å²) in [6.45, 7) is 0. The Hall–Kier alpha value is -1.36. The van der Waals surface area contributed by atoms with E-state index in [1.165, 1.54) is 0 Å². The number of carbonyl (C=O) groups is 1. The van der Waals surface area contributed by atoms with Crippen LogP contribution in [0.2, 0.25) is 0 Å². The van der Waals surface area contributed by atoms with E-state index in [-0.39, 0.29) is 0 Å². The fourth-order valence-corrected chi connectivity index (χ4v) is 3.55. The molecule has 1 fully saturated rings. The van der Waals surface area contributed by atoms with Crippen LogP contribution in [0.25, 0.3) is 0 Å². The summed E-state index contributed by atoms with van der Waals surface area (Å²) in [5, 5.41) is 9.73. The molecule has 0 radical (unpaired) electrons. The van der Waals surface area contributed by atoms with Gasteiger partial charge < -0.3 is 14.6 Å². The number of methoxy groups -OCH3 is 2. The summed E-state index contributed by atoms with van der Waals surface area (Å²) < 4.78 is 10.8. The van der Waals surface area contributed by atoms with Crippen LogP contribution in [0.15, 0.2) is 17.0 Å². The van der Waals surface area contributed by atoms with Gasteiger partial charge in [0.25, 0.3) is 0 Å². The zero-order valence-electron chi connectivity index (χ0n) is 12.1. The number of aliphatic carboxylic acids is 1.